The number of aromatic nitrogens is 1. The van der Waals surface area contributed by atoms with Crippen LogP contribution >= 0.6 is 34.8 Å². The number of hydrogen-bond acceptors (Lipinski definition) is 4. The van der Waals surface area contributed by atoms with Gasteiger partial charge in [0.15, 0.2) is 0 Å². The lowest BCUT2D eigenvalue weighted by atomic mass is 10.3. The highest BCUT2D eigenvalue weighted by molar-refractivity contribution is 7.92. The summed E-state index contributed by atoms with van der Waals surface area (Å²) in [6.45, 7) is 0. The molecule has 0 radical (unpaired) electrons. The lowest BCUT2D eigenvalue weighted by molar-refractivity contribution is 0.417. The molecule has 0 amide bonds. The topological polar surface area (TPSA) is 68.3 Å². The molecule has 2 rings (SSSR count). The van der Waals surface area contributed by atoms with Gasteiger partial charge in [0, 0.05) is 11.2 Å². The molecular weight excluding hydrogens is 359 g/mol. The van der Waals surface area contributed by atoms with E-state index in [1.54, 1.807) is 12.1 Å². The molecule has 1 aromatic heterocycles. The number of benzene rings is 1. The molecule has 0 aliphatic carbocycles. The molecule has 0 atom stereocenters. The van der Waals surface area contributed by atoms with Gasteiger partial charge in [-0.2, -0.15) is 0 Å². The van der Waals surface area contributed by atoms with Crippen LogP contribution in [0.25, 0.3) is 0 Å². The smallest absolute Gasteiger partial charge is 0.263 e. The van der Waals surface area contributed by atoms with E-state index in [0.29, 0.717) is 10.8 Å². The van der Waals surface area contributed by atoms with Crippen LogP contribution in [0.1, 0.15) is 0 Å². The Balaban J connectivity index is 2.41. The summed E-state index contributed by atoms with van der Waals surface area (Å²) in [5, 5.41) is 0.425. The third kappa shape index (κ3) is 3.71. The molecular formula is C12H9Cl3N2O3S. The minimum absolute atomic E-state index is 0.0240. The third-order valence-corrected chi connectivity index (χ3v) is 4.74. The number of hydrogen-bond donors (Lipinski definition) is 1. The number of sulfonamides is 1. The molecule has 0 bridgehead atoms. The van der Waals surface area contributed by atoms with Gasteiger partial charge in [0.05, 0.1) is 17.8 Å². The van der Waals surface area contributed by atoms with Crippen LogP contribution in [0.5, 0.6) is 5.75 Å². The largest absolute Gasteiger partial charge is 0.495 e. The monoisotopic (exact) mass is 366 g/mol. The van der Waals surface area contributed by atoms with Gasteiger partial charge in [-0.15, -0.1) is 0 Å². The minimum Gasteiger partial charge on any atom is -0.495 e. The predicted octanol–water partition coefficient (Wildman–Crippen LogP) is 3.85. The summed E-state index contributed by atoms with van der Waals surface area (Å²) in [7, 11) is -2.48. The van der Waals surface area contributed by atoms with Gasteiger partial charge in [0.25, 0.3) is 10.0 Å². The molecule has 0 aliphatic rings. The van der Waals surface area contributed by atoms with Gasteiger partial charge in [0.2, 0.25) is 0 Å². The first-order chi connectivity index (χ1) is 9.83. The van der Waals surface area contributed by atoms with Gasteiger partial charge >= 0.3 is 0 Å². The number of halogens is 3. The number of pyridine rings is 1. The third-order valence-electron chi connectivity index (χ3n) is 2.49. The van der Waals surface area contributed by atoms with Gasteiger partial charge in [-0.25, -0.2) is 13.4 Å². The molecule has 5 nitrogen and oxygen atoms in total. The number of rotatable bonds is 4. The first-order valence-corrected chi connectivity index (χ1v) is 8.12. The van der Waals surface area contributed by atoms with Crippen LogP contribution in [0.4, 0.5) is 5.69 Å². The highest BCUT2D eigenvalue weighted by Gasteiger charge is 2.18. The second kappa shape index (κ2) is 6.27. The van der Waals surface area contributed by atoms with E-state index < -0.39 is 10.0 Å². The summed E-state index contributed by atoms with van der Waals surface area (Å²) in [6.07, 6.45) is 1.10. The summed E-state index contributed by atoms with van der Waals surface area (Å²) >= 11 is 17.3. The normalized spacial score (nSPS) is 11.2. The van der Waals surface area contributed by atoms with Crippen LogP contribution in [0.15, 0.2) is 35.4 Å². The zero-order valence-electron chi connectivity index (χ0n) is 10.6. The summed E-state index contributed by atoms with van der Waals surface area (Å²) < 4.78 is 32.0. The maximum atomic E-state index is 12.3. The van der Waals surface area contributed by atoms with Crippen molar-refractivity contribution >= 4 is 50.5 Å². The first-order valence-electron chi connectivity index (χ1n) is 5.51. The fourth-order valence-electron chi connectivity index (χ4n) is 1.51. The highest BCUT2D eigenvalue weighted by atomic mass is 35.5. The van der Waals surface area contributed by atoms with E-state index in [9.17, 15) is 8.42 Å². The predicted molar refractivity (Wildman–Crippen MR) is 83.1 cm³/mol. The van der Waals surface area contributed by atoms with Crippen molar-refractivity contribution in [3.8, 4) is 5.75 Å². The van der Waals surface area contributed by atoms with Crippen molar-refractivity contribution in [1.29, 1.82) is 0 Å². The number of nitrogens with zero attached hydrogens (tertiary/aromatic N) is 1. The Bertz CT molecular complexity index is 781. The second-order valence-corrected chi connectivity index (χ2v) is 6.78. The lowest BCUT2D eigenvalue weighted by Crippen LogP contribution is -2.14. The highest BCUT2D eigenvalue weighted by Crippen LogP contribution is 2.30. The fraction of sp³-hybridized carbons (Fsp3) is 0.0833. The molecule has 9 heteroatoms. The fourth-order valence-corrected chi connectivity index (χ4v) is 3.05. The zero-order chi connectivity index (χ0) is 15.6. The van der Waals surface area contributed by atoms with E-state index in [2.05, 4.69) is 9.71 Å². The van der Waals surface area contributed by atoms with Gasteiger partial charge < -0.3 is 4.74 Å². The Morgan fingerprint density at radius 2 is 1.90 bits per heavy atom. The Hall–Kier alpha value is -1.21. The molecule has 0 saturated carbocycles. The average Bonchev–Trinajstić information content (AvgIpc) is 2.41. The van der Waals surface area contributed by atoms with E-state index in [0.717, 1.165) is 6.20 Å². The van der Waals surface area contributed by atoms with Crippen molar-refractivity contribution in [2.45, 2.75) is 4.90 Å². The molecule has 21 heavy (non-hydrogen) atoms. The van der Waals surface area contributed by atoms with E-state index in [-0.39, 0.29) is 20.8 Å². The van der Waals surface area contributed by atoms with Crippen molar-refractivity contribution in [3.05, 3.63) is 45.7 Å². The van der Waals surface area contributed by atoms with E-state index in [4.69, 9.17) is 39.5 Å². The van der Waals surface area contributed by atoms with Crippen LogP contribution in [-0.2, 0) is 10.0 Å². The average molecular weight is 368 g/mol. The van der Waals surface area contributed by atoms with Gasteiger partial charge in [-0.1, -0.05) is 34.8 Å². The van der Waals surface area contributed by atoms with Crippen molar-refractivity contribution in [2.24, 2.45) is 0 Å². The van der Waals surface area contributed by atoms with Gasteiger partial charge in [-0.05, 0) is 24.3 Å². The first kappa shape index (κ1) is 16.2. The molecule has 1 aromatic carbocycles. The van der Waals surface area contributed by atoms with Crippen LogP contribution in [0.3, 0.4) is 0 Å². The van der Waals surface area contributed by atoms with Crippen LogP contribution in [0, 0.1) is 0 Å². The summed E-state index contributed by atoms with van der Waals surface area (Å²) in [5.41, 5.74) is 0.205. The molecule has 1 N–H and O–H groups in total. The number of methoxy groups -OCH3 is 1. The quantitative estimate of drug-likeness (QED) is 0.833. The van der Waals surface area contributed by atoms with Crippen LogP contribution < -0.4 is 9.46 Å². The SMILES string of the molecule is COc1ccc(Cl)cc1NS(=O)(=O)c1cnc(Cl)c(Cl)c1. The van der Waals surface area contributed by atoms with Crippen molar-refractivity contribution < 1.29 is 13.2 Å². The van der Waals surface area contributed by atoms with E-state index in [1.165, 1.54) is 19.2 Å². The molecule has 1 heterocycles. The van der Waals surface area contributed by atoms with Crippen molar-refractivity contribution in [1.82, 2.24) is 4.98 Å². The maximum absolute atomic E-state index is 12.3. The zero-order valence-corrected chi connectivity index (χ0v) is 13.7. The Morgan fingerprint density at radius 3 is 2.52 bits per heavy atom. The number of anilines is 1. The van der Waals surface area contributed by atoms with Gasteiger partial charge in [0.1, 0.15) is 15.8 Å². The summed E-state index contributed by atoms with van der Waals surface area (Å²) in [5.74, 6) is 0.330. The molecule has 0 saturated heterocycles. The Kier molecular flexibility index (Phi) is 4.83. The Morgan fingerprint density at radius 1 is 1.19 bits per heavy atom. The lowest BCUT2D eigenvalue weighted by Gasteiger charge is -2.12. The van der Waals surface area contributed by atoms with Gasteiger partial charge in [-0.3, -0.25) is 4.72 Å². The second-order valence-electron chi connectivity index (χ2n) is 3.89. The van der Waals surface area contributed by atoms with Crippen LogP contribution in [-0.4, -0.2) is 20.5 Å². The molecule has 0 unspecified atom stereocenters. The minimum atomic E-state index is -3.90. The van der Waals surface area contributed by atoms with Crippen molar-refractivity contribution in [2.75, 3.05) is 11.8 Å². The van der Waals surface area contributed by atoms with Crippen molar-refractivity contribution in [3.63, 3.8) is 0 Å². The maximum Gasteiger partial charge on any atom is 0.263 e. The summed E-state index contributed by atoms with van der Waals surface area (Å²) in [4.78, 5) is 3.58. The van der Waals surface area contributed by atoms with E-state index in [1.807, 2.05) is 0 Å². The molecule has 0 spiro atoms. The molecule has 0 aliphatic heterocycles. The number of nitrogens with one attached hydrogen (secondary N) is 1. The molecule has 2 aromatic rings. The molecule has 0 fully saturated rings. The van der Waals surface area contributed by atoms with E-state index >= 15 is 0 Å². The molecule has 112 valence electrons. The Labute approximate surface area is 136 Å². The summed E-state index contributed by atoms with van der Waals surface area (Å²) in [6, 6.07) is 5.77. The number of ether oxygens (including phenoxy) is 1. The standard InChI is InChI=1S/C12H9Cl3N2O3S/c1-20-11-3-2-7(13)4-10(11)17-21(18,19)8-5-9(14)12(15)16-6-8/h2-6,17H,1H3. The van der Waals surface area contributed by atoms with Crippen LogP contribution in [0.2, 0.25) is 15.2 Å².